The third-order valence-corrected chi connectivity index (χ3v) is 6.01. The summed E-state index contributed by atoms with van der Waals surface area (Å²) in [4.78, 5) is 0. The SMILES string of the molecule is NS(=Nc1cc(CCc2ccc(-c3ccccc3)c(F)c2)on1)N1CCOCC1. The van der Waals surface area contributed by atoms with Crippen molar-refractivity contribution in [3.05, 3.63) is 71.7 Å². The molecule has 1 fully saturated rings. The number of nitrogens with two attached hydrogens (primary N) is 1. The van der Waals surface area contributed by atoms with E-state index >= 15 is 0 Å². The first-order valence-corrected chi connectivity index (χ1v) is 10.7. The molecule has 2 aromatic carbocycles. The highest BCUT2D eigenvalue weighted by atomic mass is 32.2. The van der Waals surface area contributed by atoms with Crippen molar-refractivity contribution in [2.24, 2.45) is 9.50 Å². The third kappa shape index (κ3) is 5.16. The van der Waals surface area contributed by atoms with Gasteiger partial charge in [0.1, 0.15) is 11.6 Å². The zero-order valence-electron chi connectivity index (χ0n) is 16.0. The van der Waals surface area contributed by atoms with Gasteiger partial charge in [-0.1, -0.05) is 47.6 Å². The Morgan fingerprint density at radius 3 is 2.62 bits per heavy atom. The number of hydrogen-bond acceptors (Lipinski definition) is 4. The number of aromatic nitrogens is 1. The summed E-state index contributed by atoms with van der Waals surface area (Å²) >= 11 is -0.752. The lowest BCUT2D eigenvalue weighted by molar-refractivity contribution is 0.0763. The quantitative estimate of drug-likeness (QED) is 0.664. The molecule has 0 saturated carbocycles. The molecule has 29 heavy (non-hydrogen) atoms. The molecule has 0 radical (unpaired) electrons. The minimum absolute atomic E-state index is 0.223. The molecule has 2 N–H and O–H groups in total. The molecule has 0 spiro atoms. The summed E-state index contributed by atoms with van der Waals surface area (Å²) in [6, 6.07) is 16.7. The molecule has 3 aromatic rings. The van der Waals surface area contributed by atoms with Gasteiger partial charge in [0.15, 0.2) is 0 Å². The smallest absolute Gasteiger partial charge is 0.204 e. The van der Waals surface area contributed by atoms with Gasteiger partial charge in [-0.25, -0.2) is 8.70 Å². The maximum Gasteiger partial charge on any atom is 0.204 e. The molecular formula is C21H23FN4O2S. The largest absolute Gasteiger partial charge is 0.379 e. The zero-order chi connectivity index (χ0) is 20.1. The van der Waals surface area contributed by atoms with E-state index in [4.69, 9.17) is 14.4 Å². The summed E-state index contributed by atoms with van der Waals surface area (Å²) in [5.41, 5.74) is 2.38. The van der Waals surface area contributed by atoms with Crippen molar-refractivity contribution in [2.45, 2.75) is 12.8 Å². The number of rotatable bonds is 6. The van der Waals surface area contributed by atoms with Gasteiger partial charge in [0, 0.05) is 42.2 Å². The number of benzene rings is 2. The van der Waals surface area contributed by atoms with E-state index in [-0.39, 0.29) is 5.82 Å². The number of aryl methyl sites for hydroxylation is 2. The van der Waals surface area contributed by atoms with Crippen LogP contribution in [0.15, 0.2) is 63.5 Å². The minimum Gasteiger partial charge on any atom is -0.379 e. The molecule has 1 atom stereocenters. The Bertz CT molecular complexity index is 987. The fourth-order valence-electron chi connectivity index (χ4n) is 3.18. The van der Waals surface area contributed by atoms with Crippen LogP contribution in [0.2, 0.25) is 0 Å². The van der Waals surface area contributed by atoms with E-state index in [1.165, 1.54) is 0 Å². The van der Waals surface area contributed by atoms with E-state index in [0.29, 0.717) is 43.2 Å². The van der Waals surface area contributed by atoms with Crippen molar-refractivity contribution in [3.8, 4) is 11.1 Å². The topological polar surface area (TPSA) is 76.9 Å². The molecule has 0 amide bonds. The molecule has 0 bridgehead atoms. The van der Waals surface area contributed by atoms with Crippen LogP contribution in [0, 0.1) is 5.82 Å². The number of halogens is 1. The zero-order valence-corrected chi connectivity index (χ0v) is 16.8. The van der Waals surface area contributed by atoms with E-state index in [9.17, 15) is 4.39 Å². The van der Waals surface area contributed by atoms with Crippen LogP contribution in [0.5, 0.6) is 0 Å². The number of hydrogen-bond donors (Lipinski definition) is 1. The number of morpholine rings is 1. The van der Waals surface area contributed by atoms with Gasteiger partial charge in [-0.3, -0.25) is 5.14 Å². The summed E-state index contributed by atoms with van der Waals surface area (Å²) in [6.45, 7) is 2.86. The number of ether oxygens (including phenoxy) is 1. The Morgan fingerprint density at radius 2 is 1.86 bits per heavy atom. The highest BCUT2D eigenvalue weighted by Crippen LogP contribution is 2.24. The summed E-state index contributed by atoms with van der Waals surface area (Å²) in [5, 5.41) is 10.1. The van der Waals surface area contributed by atoms with Gasteiger partial charge in [-0.15, -0.1) is 0 Å². The Morgan fingerprint density at radius 1 is 1.07 bits per heavy atom. The maximum absolute atomic E-state index is 14.5. The van der Waals surface area contributed by atoms with Crippen molar-refractivity contribution < 1.29 is 13.7 Å². The summed E-state index contributed by atoms with van der Waals surface area (Å²) in [7, 11) is 0. The second-order valence-electron chi connectivity index (χ2n) is 6.76. The maximum atomic E-state index is 14.5. The van der Waals surface area contributed by atoms with Crippen LogP contribution >= 0.6 is 0 Å². The molecule has 0 aliphatic carbocycles. The first kappa shape index (κ1) is 19.9. The molecule has 1 saturated heterocycles. The van der Waals surface area contributed by atoms with Crippen LogP contribution < -0.4 is 5.14 Å². The van der Waals surface area contributed by atoms with E-state index in [1.54, 1.807) is 12.1 Å². The first-order chi connectivity index (χ1) is 14.2. The van der Waals surface area contributed by atoms with Gasteiger partial charge in [-0.2, -0.15) is 4.36 Å². The lowest BCUT2D eigenvalue weighted by Crippen LogP contribution is -2.40. The van der Waals surface area contributed by atoms with Crippen LogP contribution in [0.3, 0.4) is 0 Å². The second kappa shape index (κ2) is 9.41. The van der Waals surface area contributed by atoms with Gasteiger partial charge >= 0.3 is 0 Å². The monoisotopic (exact) mass is 414 g/mol. The predicted octanol–water partition coefficient (Wildman–Crippen LogP) is 3.82. The van der Waals surface area contributed by atoms with Crippen molar-refractivity contribution in [1.29, 1.82) is 0 Å². The fourth-order valence-corrected chi connectivity index (χ4v) is 4.10. The molecule has 152 valence electrons. The highest BCUT2D eigenvalue weighted by Gasteiger charge is 2.14. The Kier molecular flexibility index (Phi) is 6.46. The Hall–Kier alpha value is -2.39. The summed E-state index contributed by atoms with van der Waals surface area (Å²) < 4.78 is 31.7. The average Bonchev–Trinajstić information content (AvgIpc) is 3.21. The molecule has 1 aliphatic heterocycles. The molecule has 1 aliphatic rings. The molecule has 1 aromatic heterocycles. The predicted molar refractivity (Wildman–Crippen MR) is 112 cm³/mol. The summed E-state index contributed by atoms with van der Waals surface area (Å²) in [5.74, 6) is 0.970. The van der Waals surface area contributed by atoms with Crippen LogP contribution in [0.25, 0.3) is 11.1 Å². The van der Waals surface area contributed by atoms with Gasteiger partial charge in [0.25, 0.3) is 0 Å². The highest BCUT2D eigenvalue weighted by molar-refractivity contribution is 7.82. The van der Waals surface area contributed by atoms with Gasteiger partial charge in [-0.05, 0) is 23.6 Å². The standard InChI is InChI=1S/C21H23FN4O2S/c22-20-14-16(7-9-19(20)17-4-2-1-3-5-17)6-8-18-15-21(24-28-18)25-29(23)26-10-12-27-13-11-26/h1-5,7,9,14-15H,6,8,10-13H2,(H2,23,24,25). The third-order valence-electron chi connectivity index (χ3n) is 4.75. The molecule has 8 heteroatoms. The van der Waals surface area contributed by atoms with Crippen molar-refractivity contribution in [2.75, 3.05) is 26.3 Å². The number of nitrogens with zero attached hydrogens (tertiary/aromatic N) is 3. The van der Waals surface area contributed by atoms with Crippen molar-refractivity contribution in [3.63, 3.8) is 0 Å². The van der Waals surface area contributed by atoms with Gasteiger partial charge in [0.05, 0.1) is 13.2 Å². The van der Waals surface area contributed by atoms with Crippen LogP contribution in [-0.4, -0.2) is 35.8 Å². The van der Waals surface area contributed by atoms with E-state index in [1.807, 2.05) is 42.5 Å². The van der Waals surface area contributed by atoms with Crippen molar-refractivity contribution in [1.82, 2.24) is 9.46 Å². The lowest BCUT2D eigenvalue weighted by atomic mass is 10.0. The van der Waals surface area contributed by atoms with Crippen LogP contribution in [0.1, 0.15) is 11.3 Å². The summed E-state index contributed by atoms with van der Waals surface area (Å²) in [6.07, 6.45) is 1.26. The molecule has 4 rings (SSSR count). The normalized spacial score (nSPS) is 16.2. The van der Waals surface area contributed by atoms with Gasteiger partial charge in [0.2, 0.25) is 5.82 Å². The van der Waals surface area contributed by atoms with Crippen LogP contribution in [-0.2, 0) is 28.6 Å². The fraction of sp³-hybridized carbons (Fsp3) is 0.286. The average molecular weight is 415 g/mol. The molecular weight excluding hydrogens is 391 g/mol. The van der Waals surface area contributed by atoms with E-state index < -0.39 is 11.1 Å². The van der Waals surface area contributed by atoms with Crippen molar-refractivity contribution >= 4 is 16.9 Å². The minimum atomic E-state index is -0.752. The molecule has 2 heterocycles. The lowest BCUT2D eigenvalue weighted by Gasteiger charge is -2.25. The second-order valence-corrected chi connectivity index (χ2v) is 8.04. The van der Waals surface area contributed by atoms with E-state index in [2.05, 4.69) is 13.8 Å². The molecule has 6 nitrogen and oxygen atoms in total. The van der Waals surface area contributed by atoms with E-state index in [0.717, 1.165) is 24.2 Å². The first-order valence-electron chi connectivity index (χ1n) is 9.52. The molecule has 1 unspecified atom stereocenters. The van der Waals surface area contributed by atoms with Crippen LogP contribution in [0.4, 0.5) is 10.2 Å². The van der Waals surface area contributed by atoms with Gasteiger partial charge < -0.3 is 9.26 Å². The Balaban J connectivity index is 1.38. The Labute approximate surface area is 171 Å².